The molecule has 1 rings (SSSR count). The average Bonchev–Trinajstić information content (AvgIpc) is 2.20. The van der Waals surface area contributed by atoms with Gasteiger partial charge in [0.05, 0.1) is 0 Å². The zero-order chi connectivity index (χ0) is 19.6. The molecule has 3 atom stereocenters. The predicted octanol–water partition coefficient (Wildman–Crippen LogP) is 4.33. The SMILES string of the molecule is CC1(F)OC(F)(OC(F)(F)C(F)(F)F)C(F)(C(F)(F)F)OC1(F)F. The first-order valence-corrected chi connectivity index (χ1v) is 5.18. The molecule has 0 saturated carbocycles. The van der Waals surface area contributed by atoms with Crippen molar-refractivity contribution in [3.05, 3.63) is 0 Å². The number of alkyl halides is 13. The van der Waals surface area contributed by atoms with E-state index >= 15 is 0 Å². The van der Waals surface area contributed by atoms with Crippen molar-refractivity contribution in [3.63, 3.8) is 0 Å². The van der Waals surface area contributed by atoms with Gasteiger partial charge in [0.2, 0.25) is 0 Å². The summed E-state index contributed by atoms with van der Waals surface area (Å²) in [5, 5.41) is 0. The molecule has 1 aliphatic rings. The largest absolute Gasteiger partial charge is 0.483 e. The fraction of sp³-hybridized carbons (Fsp3) is 1.00. The quantitative estimate of drug-likeness (QED) is 0.653. The van der Waals surface area contributed by atoms with Crippen LogP contribution in [-0.4, -0.2) is 42.3 Å². The van der Waals surface area contributed by atoms with Crippen molar-refractivity contribution < 1.29 is 71.3 Å². The normalized spacial score (nSPS) is 38.2. The first-order chi connectivity index (χ1) is 10.1. The lowest BCUT2D eigenvalue weighted by Gasteiger charge is -2.48. The van der Waals surface area contributed by atoms with Crippen molar-refractivity contribution in [1.82, 2.24) is 0 Å². The molecule has 0 N–H and O–H groups in total. The topological polar surface area (TPSA) is 27.7 Å². The lowest BCUT2D eigenvalue weighted by Crippen LogP contribution is -2.74. The molecule has 1 heterocycles. The van der Waals surface area contributed by atoms with Crippen LogP contribution < -0.4 is 0 Å². The van der Waals surface area contributed by atoms with E-state index in [1.807, 2.05) is 4.74 Å². The predicted molar refractivity (Wildman–Crippen MR) is 42.5 cm³/mol. The Hall–Kier alpha value is -1.03. The van der Waals surface area contributed by atoms with E-state index in [1.165, 1.54) is 0 Å². The van der Waals surface area contributed by atoms with Gasteiger partial charge >= 0.3 is 42.3 Å². The van der Waals surface area contributed by atoms with Crippen LogP contribution in [0.1, 0.15) is 6.92 Å². The maximum atomic E-state index is 13.8. The third-order valence-corrected chi connectivity index (χ3v) is 2.45. The van der Waals surface area contributed by atoms with Crippen LogP contribution in [0.2, 0.25) is 0 Å². The highest BCUT2D eigenvalue weighted by Crippen LogP contribution is 2.59. The van der Waals surface area contributed by atoms with E-state index in [4.69, 9.17) is 0 Å². The van der Waals surface area contributed by atoms with Gasteiger partial charge in [0.1, 0.15) is 0 Å². The van der Waals surface area contributed by atoms with E-state index < -0.39 is 49.2 Å². The molecule has 3 unspecified atom stereocenters. The van der Waals surface area contributed by atoms with Gasteiger partial charge in [-0.3, -0.25) is 9.47 Å². The van der Waals surface area contributed by atoms with Crippen molar-refractivity contribution in [3.8, 4) is 0 Å². The second kappa shape index (κ2) is 5.00. The Labute approximate surface area is 122 Å². The molecule has 3 nitrogen and oxygen atoms in total. The number of ether oxygens (including phenoxy) is 3. The van der Waals surface area contributed by atoms with Gasteiger partial charge < -0.3 is 0 Å². The first kappa shape index (κ1) is 21.0. The van der Waals surface area contributed by atoms with Gasteiger partial charge in [0.15, 0.2) is 0 Å². The van der Waals surface area contributed by atoms with E-state index in [0.717, 1.165) is 0 Å². The van der Waals surface area contributed by atoms with Crippen molar-refractivity contribution in [2.45, 2.75) is 49.2 Å². The molecular weight excluding hydrogens is 391 g/mol. The highest BCUT2D eigenvalue weighted by atomic mass is 19.4. The maximum Gasteiger partial charge on any atom is 0.483 e. The molecule has 1 fully saturated rings. The second-order valence-electron chi connectivity index (χ2n) is 4.38. The zero-order valence-electron chi connectivity index (χ0n) is 10.6. The summed E-state index contributed by atoms with van der Waals surface area (Å²) in [4.78, 5) is 0. The molecular formula is C8H3F13O3. The molecule has 0 aromatic carbocycles. The van der Waals surface area contributed by atoms with Gasteiger partial charge in [-0.2, -0.15) is 52.7 Å². The molecule has 1 aliphatic heterocycles. The first-order valence-electron chi connectivity index (χ1n) is 5.18. The Bertz CT molecular complexity index is 496. The fourth-order valence-corrected chi connectivity index (χ4v) is 1.24. The Balaban J connectivity index is 3.50. The summed E-state index contributed by atoms with van der Waals surface area (Å²) >= 11 is 0. The lowest BCUT2D eigenvalue weighted by atomic mass is 10.1. The van der Waals surface area contributed by atoms with E-state index in [9.17, 15) is 57.1 Å². The molecule has 16 heteroatoms. The van der Waals surface area contributed by atoms with E-state index in [0.29, 0.717) is 0 Å². The highest BCUT2D eigenvalue weighted by Gasteiger charge is 2.87. The Morgan fingerprint density at radius 2 is 1.17 bits per heavy atom. The summed E-state index contributed by atoms with van der Waals surface area (Å²) in [5.74, 6) is -11.9. The number of rotatable bonds is 2. The Morgan fingerprint density at radius 3 is 1.50 bits per heavy atom. The van der Waals surface area contributed by atoms with E-state index in [1.54, 1.807) is 0 Å². The van der Waals surface area contributed by atoms with E-state index in [2.05, 4.69) is 9.47 Å². The third kappa shape index (κ3) is 2.98. The third-order valence-electron chi connectivity index (χ3n) is 2.45. The van der Waals surface area contributed by atoms with Crippen molar-refractivity contribution in [2.24, 2.45) is 0 Å². The second-order valence-corrected chi connectivity index (χ2v) is 4.38. The van der Waals surface area contributed by atoms with Gasteiger partial charge in [0.25, 0.3) is 0 Å². The van der Waals surface area contributed by atoms with Crippen LogP contribution in [0.15, 0.2) is 0 Å². The summed E-state index contributed by atoms with van der Waals surface area (Å²) in [6.45, 7) is -0.633. The molecule has 0 aliphatic carbocycles. The Kier molecular flexibility index (Phi) is 4.38. The smallest absolute Gasteiger partial charge is 0.273 e. The number of halogens is 13. The van der Waals surface area contributed by atoms with Gasteiger partial charge in [-0.05, 0) is 0 Å². The molecule has 0 aromatic heterocycles. The van der Waals surface area contributed by atoms with Crippen LogP contribution >= 0.6 is 0 Å². The molecule has 1 saturated heterocycles. The zero-order valence-corrected chi connectivity index (χ0v) is 10.6. The van der Waals surface area contributed by atoms with Crippen LogP contribution in [-0.2, 0) is 14.2 Å². The number of hydrogen-bond donors (Lipinski definition) is 0. The van der Waals surface area contributed by atoms with Gasteiger partial charge in [-0.25, -0.2) is 9.13 Å². The van der Waals surface area contributed by atoms with Crippen LogP contribution in [0.3, 0.4) is 0 Å². The summed E-state index contributed by atoms with van der Waals surface area (Å²) in [7, 11) is 0. The van der Waals surface area contributed by atoms with Gasteiger partial charge in [-0.15, -0.1) is 0 Å². The van der Waals surface area contributed by atoms with Gasteiger partial charge in [0, 0.05) is 6.92 Å². The standard InChI is InChI=1S/C8H3F13O3/c1-2(9)6(17,18)23-3(10,4(11,12)13)8(21,22-2)24-7(19,20)5(14,15)16/h1H3. The molecule has 144 valence electrons. The summed E-state index contributed by atoms with van der Waals surface area (Å²) in [6, 6.07) is -6.49. The maximum absolute atomic E-state index is 13.8. The Morgan fingerprint density at radius 1 is 0.750 bits per heavy atom. The van der Waals surface area contributed by atoms with Crippen LogP contribution in [0.25, 0.3) is 0 Å². The molecule has 24 heavy (non-hydrogen) atoms. The summed E-state index contributed by atoms with van der Waals surface area (Å²) in [6.07, 6.45) is -26.9. The summed E-state index contributed by atoms with van der Waals surface area (Å²) in [5.41, 5.74) is 0. The van der Waals surface area contributed by atoms with Crippen LogP contribution in [0, 0.1) is 0 Å². The molecule has 0 radical (unpaired) electrons. The monoisotopic (exact) mass is 394 g/mol. The van der Waals surface area contributed by atoms with Gasteiger partial charge in [-0.1, -0.05) is 0 Å². The summed E-state index contributed by atoms with van der Waals surface area (Å²) < 4.78 is 171. The number of hydrogen-bond acceptors (Lipinski definition) is 3. The minimum atomic E-state index is -7.05. The highest BCUT2D eigenvalue weighted by molar-refractivity contribution is 4.97. The minimum absolute atomic E-state index is 0.633. The molecule has 0 aromatic rings. The van der Waals surface area contributed by atoms with Crippen LogP contribution in [0.4, 0.5) is 57.1 Å². The van der Waals surface area contributed by atoms with Crippen molar-refractivity contribution in [2.75, 3.05) is 0 Å². The van der Waals surface area contributed by atoms with Crippen LogP contribution in [0.5, 0.6) is 0 Å². The average molecular weight is 394 g/mol. The van der Waals surface area contributed by atoms with Crippen molar-refractivity contribution in [1.29, 1.82) is 0 Å². The van der Waals surface area contributed by atoms with Crippen molar-refractivity contribution >= 4 is 0 Å². The molecule has 0 amide bonds. The van der Waals surface area contributed by atoms with E-state index in [-0.39, 0.29) is 0 Å². The lowest BCUT2D eigenvalue weighted by molar-refractivity contribution is -0.634. The minimum Gasteiger partial charge on any atom is -0.273 e. The fourth-order valence-electron chi connectivity index (χ4n) is 1.24. The molecule has 0 spiro atoms. The molecule has 0 bridgehead atoms.